The van der Waals surface area contributed by atoms with Gasteiger partial charge in [-0.2, -0.15) is 0 Å². The van der Waals surface area contributed by atoms with Gasteiger partial charge in [0.15, 0.2) is 0 Å². The zero-order valence-corrected chi connectivity index (χ0v) is 15.0. The lowest BCUT2D eigenvalue weighted by Gasteiger charge is -2.44. The minimum atomic E-state index is -0.351. The van der Waals surface area contributed by atoms with Gasteiger partial charge in [-0.25, -0.2) is 4.79 Å². The van der Waals surface area contributed by atoms with Gasteiger partial charge in [0.2, 0.25) is 0 Å². The van der Waals surface area contributed by atoms with Crippen LogP contribution >= 0.6 is 0 Å². The van der Waals surface area contributed by atoms with Crippen molar-refractivity contribution < 1.29 is 19.0 Å². The van der Waals surface area contributed by atoms with Gasteiger partial charge < -0.3 is 19.1 Å². The van der Waals surface area contributed by atoms with Crippen molar-refractivity contribution in [1.82, 2.24) is 0 Å². The molecule has 0 saturated heterocycles. The summed E-state index contributed by atoms with van der Waals surface area (Å²) in [5, 5.41) is 0. The lowest BCUT2D eigenvalue weighted by Crippen LogP contribution is -2.51. The fraction of sp³-hybridized carbons (Fsp3) is 0.350. The highest BCUT2D eigenvalue weighted by Gasteiger charge is 2.34. The number of carbonyl (C=O) groups is 1. The van der Waals surface area contributed by atoms with Gasteiger partial charge in [-0.1, -0.05) is 12.1 Å². The molecule has 0 atom stereocenters. The molecule has 0 amide bonds. The third-order valence-electron chi connectivity index (χ3n) is 4.48. The van der Waals surface area contributed by atoms with Crippen molar-refractivity contribution in [3.63, 3.8) is 0 Å². The van der Waals surface area contributed by atoms with E-state index in [1.807, 2.05) is 36.4 Å². The zero-order valence-electron chi connectivity index (χ0n) is 15.0. The molecule has 1 aliphatic heterocycles. The summed E-state index contributed by atoms with van der Waals surface area (Å²) < 4.78 is 16.0. The largest absolute Gasteiger partial charge is 0.497 e. The Morgan fingerprint density at radius 1 is 1.16 bits per heavy atom. The first-order valence-corrected chi connectivity index (χ1v) is 8.20. The molecule has 3 rings (SSSR count). The maximum atomic E-state index is 11.9. The van der Waals surface area contributed by atoms with Gasteiger partial charge in [0.05, 0.1) is 31.0 Å². The third-order valence-corrected chi connectivity index (χ3v) is 4.48. The molecule has 5 heteroatoms. The van der Waals surface area contributed by atoms with E-state index in [-0.39, 0.29) is 11.5 Å². The van der Waals surface area contributed by atoms with Crippen molar-refractivity contribution in [2.45, 2.75) is 25.9 Å². The van der Waals surface area contributed by atoms with Crippen LogP contribution in [-0.4, -0.2) is 32.3 Å². The molecule has 2 aromatic rings. The summed E-state index contributed by atoms with van der Waals surface area (Å²) in [5.74, 6) is 1.26. The molecule has 2 aromatic carbocycles. The molecule has 0 N–H and O–H groups in total. The third kappa shape index (κ3) is 3.40. The first-order valence-electron chi connectivity index (χ1n) is 8.20. The Balaban J connectivity index is 1.97. The van der Waals surface area contributed by atoms with Crippen molar-refractivity contribution >= 4 is 11.7 Å². The number of anilines is 1. The van der Waals surface area contributed by atoms with Crippen LogP contribution in [0.5, 0.6) is 11.5 Å². The number of methoxy groups -OCH3 is 2. The summed E-state index contributed by atoms with van der Waals surface area (Å²) in [6.45, 7) is 5.54. The second-order valence-electron chi connectivity index (χ2n) is 6.71. The van der Waals surface area contributed by atoms with Crippen LogP contribution < -0.4 is 14.4 Å². The van der Waals surface area contributed by atoms with Gasteiger partial charge in [-0.3, -0.25) is 0 Å². The first-order chi connectivity index (χ1) is 11.9. The molecule has 0 unspecified atom stereocenters. The molecule has 0 aromatic heterocycles. The summed E-state index contributed by atoms with van der Waals surface area (Å²) in [5.41, 5.74) is 2.37. The van der Waals surface area contributed by atoms with Gasteiger partial charge in [0.25, 0.3) is 0 Å². The predicted octanol–water partition coefficient (Wildman–Crippen LogP) is 3.66. The van der Waals surface area contributed by atoms with E-state index in [1.165, 1.54) is 7.11 Å². The molecule has 0 radical (unpaired) electrons. The van der Waals surface area contributed by atoms with Crippen molar-refractivity contribution in [3.05, 3.63) is 53.6 Å². The maximum Gasteiger partial charge on any atom is 0.337 e. The molecule has 0 saturated carbocycles. The minimum Gasteiger partial charge on any atom is -0.497 e. The maximum absolute atomic E-state index is 11.9. The van der Waals surface area contributed by atoms with Crippen LogP contribution in [0.1, 0.15) is 29.8 Å². The van der Waals surface area contributed by atoms with Gasteiger partial charge in [-0.05, 0) is 49.7 Å². The van der Waals surface area contributed by atoms with E-state index in [4.69, 9.17) is 14.2 Å². The zero-order chi connectivity index (χ0) is 18.0. The summed E-state index contributed by atoms with van der Waals surface area (Å²) >= 11 is 0. The number of benzene rings is 2. The molecule has 1 heterocycles. The van der Waals surface area contributed by atoms with E-state index in [9.17, 15) is 4.79 Å². The van der Waals surface area contributed by atoms with E-state index in [2.05, 4.69) is 18.7 Å². The van der Waals surface area contributed by atoms with Crippen LogP contribution in [0, 0.1) is 0 Å². The normalized spacial score (nSPS) is 15.1. The van der Waals surface area contributed by atoms with Crippen LogP contribution in [0.4, 0.5) is 5.69 Å². The smallest absolute Gasteiger partial charge is 0.337 e. The molecule has 0 aliphatic carbocycles. The van der Waals surface area contributed by atoms with Crippen molar-refractivity contribution in [3.8, 4) is 11.5 Å². The van der Waals surface area contributed by atoms with Crippen LogP contribution in [-0.2, 0) is 11.3 Å². The molecule has 132 valence electrons. The Kier molecular flexibility index (Phi) is 4.57. The molecule has 25 heavy (non-hydrogen) atoms. The van der Waals surface area contributed by atoms with Crippen LogP contribution in [0.15, 0.2) is 42.5 Å². The van der Waals surface area contributed by atoms with Crippen molar-refractivity contribution in [1.29, 1.82) is 0 Å². The van der Waals surface area contributed by atoms with E-state index in [0.29, 0.717) is 18.7 Å². The number of nitrogens with zero attached hydrogens (tertiary/aromatic N) is 1. The highest BCUT2D eigenvalue weighted by Crippen LogP contribution is 2.40. The predicted molar refractivity (Wildman–Crippen MR) is 96.5 cm³/mol. The van der Waals surface area contributed by atoms with Gasteiger partial charge in [-0.15, -0.1) is 0 Å². The number of esters is 1. The van der Waals surface area contributed by atoms with Gasteiger partial charge >= 0.3 is 5.97 Å². The summed E-state index contributed by atoms with van der Waals surface area (Å²) in [4.78, 5) is 14.2. The average molecular weight is 341 g/mol. The Morgan fingerprint density at radius 2 is 1.88 bits per heavy atom. The molecule has 1 aliphatic rings. The lowest BCUT2D eigenvalue weighted by molar-refractivity contribution is 0.0600. The van der Waals surface area contributed by atoms with E-state index >= 15 is 0 Å². The van der Waals surface area contributed by atoms with Crippen LogP contribution in [0.25, 0.3) is 0 Å². The average Bonchev–Trinajstić information content (AvgIpc) is 2.63. The van der Waals surface area contributed by atoms with Crippen molar-refractivity contribution in [2.24, 2.45) is 0 Å². The van der Waals surface area contributed by atoms with Crippen molar-refractivity contribution in [2.75, 3.05) is 25.7 Å². The Labute approximate surface area is 148 Å². The summed E-state index contributed by atoms with van der Waals surface area (Å²) in [7, 11) is 3.04. The fourth-order valence-electron chi connectivity index (χ4n) is 2.97. The Morgan fingerprint density at radius 3 is 2.52 bits per heavy atom. The minimum absolute atomic E-state index is 0.207. The first kappa shape index (κ1) is 17.1. The standard InChI is InChI=1S/C20H23NO4/c1-20(2)13-25-18-10-7-15(19(22)24-4)11-17(18)21(20)12-14-5-8-16(23-3)9-6-14/h5-11H,12-13H2,1-4H3. The summed E-state index contributed by atoms with van der Waals surface area (Å²) in [6.07, 6.45) is 0. The monoisotopic (exact) mass is 341 g/mol. The molecular formula is C20H23NO4. The molecule has 0 bridgehead atoms. The molecule has 0 spiro atoms. The fourth-order valence-corrected chi connectivity index (χ4v) is 2.97. The Bertz CT molecular complexity index is 768. The topological polar surface area (TPSA) is 48.0 Å². The van der Waals surface area contributed by atoms with E-state index in [1.54, 1.807) is 13.2 Å². The van der Waals surface area contributed by atoms with E-state index in [0.717, 1.165) is 22.7 Å². The molecular weight excluding hydrogens is 318 g/mol. The second-order valence-corrected chi connectivity index (χ2v) is 6.71. The van der Waals surface area contributed by atoms with Crippen LogP contribution in [0.3, 0.4) is 0 Å². The lowest BCUT2D eigenvalue weighted by atomic mass is 9.98. The molecule has 0 fully saturated rings. The quantitative estimate of drug-likeness (QED) is 0.794. The highest BCUT2D eigenvalue weighted by atomic mass is 16.5. The van der Waals surface area contributed by atoms with Crippen LogP contribution in [0.2, 0.25) is 0 Å². The number of ether oxygens (including phenoxy) is 3. The molecule has 5 nitrogen and oxygen atoms in total. The van der Waals surface area contributed by atoms with Gasteiger partial charge in [0.1, 0.15) is 18.1 Å². The van der Waals surface area contributed by atoms with Gasteiger partial charge in [0, 0.05) is 6.54 Å². The number of hydrogen-bond donors (Lipinski definition) is 0. The van der Waals surface area contributed by atoms with E-state index < -0.39 is 0 Å². The number of carbonyl (C=O) groups excluding carboxylic acids is 1. The number of rotatable bonds is 4. The second kappa shape index (κ2) is 6.67. The SMILES string of the molecule is COC(=O)c1ccc2c(c1)N(Cc1ccc(OC)cc1)C(C)(C)CO2. The highest BCUT2D eigenvalue weighted by molar-refractivity contribution is 5.91. The Hall–Kier alpha value is -2.69. The number of hydrogen-bond acceptors (Lipinski definition) is 5. The summed E-state index contributed by atoms with van der Waals surface area (Å²) in [6, 6.07) is 13.4. The number of fused-ring (bicyclic) bond motifs is 1.